The number of benzene rings is 2. The third kappa shape index (κ3) is 2.82. The quantitative estimate of drug-likeness (QED) is 0.740. The van der Waals surface area contributed by atoms with Crippen molar-refractivity contribution in [1.82, 2.24) is 4.98 Å². The molecule has 6 nitrogen and oxygen atoms in total. The molecule has 1 N–H and O–H groups in total. The Labute approximate surface area is 149 Å². The smallest absolute Gasteiger partial charge is 0.255 e. The van der Waals surface area contributed by atoms with Crippen molar-refractivity contribution in [2.45, 2.75) is 12.8 Å². The molecule has 26 heavy (non-hydrogen) atoms. The van der Waals surface area contributed by atoms with E-state index in [1.54, 1.807) is 36.5 Å². The van der Waals surface area contributed by atoms with Crippen LogP contribution < -0.4 is 10.2 Å². The van der Waals surface area contributed by atoms with Crippen LogP contribution in [0.5, 0.6) is 0 Å². The summed E-state index contributed by atoms with van der Waals surface area (Å²) < 4.78 is 0. The molecular weight excluding hydrogens is 330 g/mol. The number of carbonyl (C=O) groups is 3. The zero-order valence-electron chi connectivity index (χ0n) is 13.8. The van der Waals surface area contributed by atoms with E-state index in [0.717, 1.165) is 15.8 Å². The van der Waals surface area contributed by atoms with Crippen LogP contribution >= 0.6 is 0 Å². The molecule has 0 saturated carbocycles. The fourth-order valence-corrected chi connectivity index (χ4v) is 3.03. The van der Waals surface area contributed by atoms with Gasteiger partial charge < -0.3 is 5.32 Å². The molecule has 2 heterocycles. The molecule has 1 aliphatic heterocycles. The van der Waals surface area contributed by atoms with Gasteiger partial charge in [-0.2, -0.15) is 0 Å². The van der Waals surface area contributed by atoms with Crippen LogP contribution in [0, 0.1) is 0 Å². The van der Waals surface area contributed by atoms with Crippen LogP contribution in [0.1, 0.15) is 23.2 Å². The van der Waals surface area contributed by atoms with Crippen molar-refractivity contribution in [2.24, 2.45) is 0 Å². The molecule has 1 saturated heterocycles. The first kappa shape index (κ1) is 16.0. The van der Waals surface area contributed by atoms with Crippen molar-refractivity contribution >= 4 is 40.0 Å². The van der Waals surface area contributed by atoms with E-state index in [-0.39, 0.29) is 30.6 Å². The number of hydrogen-bond acceptors (Lipinski definition) is 4. The van der Waals surface area contributed by atoms with Gasteiger partial charge in [0.15, 0.2) is 0 Å². The van der Waals surface area contributed by atoms with Crippen molar-refractivity contribution in [2.75, 3.05) is 10.2 Å². The first-order valence-corrected chi connectivity index (χ1v) is 8.24. The molecule has 0 spiro atoms. The predicted molar refractivity (Wildman–Crippen MR) is 97.9 cm³/mol. The Balaban J connectivity index is 1.57. The molecule has 6 heteroatoms. The summed E-state index contributed by atoms with van der Waals surface area (Å²) in [6.45, 7) is 0. The third-order valence-corrected chi connectivity index (χ3v) is 4.34. The highest BCUT2D eigenvalue weighted by Gasteiger charge is 2.30. The number of hydrogen-bond donors (Lipinski definition) is 1. The van der Waals surface area contributed by atoms with Crippen LogP contribution in [0.2, 0.25) is 0 Å². The van der Waals surface area contributed by atoms with Gasteiger partial charge in [-0.3, -0.25) is 24.3 Å². The van der Waals surface area contributed by atoms with E-state index in [2.05, 4.69) is 10.3 Å². The minimum atomic E-state index is -0.271. The Kier molecular flexibility index (Phi) is 3.93. The van der Waals surface area contributed by atoms with Gasteiger partial charge in [0.1, 0.15) is 0 Å². The summed E-state index contributed by atoms with van der Waals surface area (Å²) in [5, 5.41) is 3.74. The number of aromatic nitrogens is 1. The lowest BCUT2D eigenvalue weighted by molar-refractivity contribution is -0.121. The maximum Gasteiger partial charge on any atom is 0.255 e. The second kappa shape index (κ2) is 6.40. The number of nitrogens with one attached hydrogen (secondary N) is 1. The van der Waals surface area contributed by atoms with Gasteiger partial charge in [0, 0.05) is 30.0 Å². The van der Waals surface area contributed by atoms with E-state index in [9.17, 15) is 14.4 Å². The summed E-state index contributed by atoms with van der Waals surface area (Å²) in [6, 6.07) is 15.7. The molecule has 1 fully saturated rings. The number of anilines is 2. The fourth-order valence-electron chi connectivity index (χ4n) is 3.03. The molecule has 0 bridgehead atoms. The van der Waals surface area contributed by atoms with Crippen LogP contribution in [0.25, 0.3) is 10.9 Å². The normalized spacial score (nSPS) is 14.1. The average molecular weight is 345 g/mol. The Morgan fingerprint density at radius 1 is 0.923 bits per heavy atom. The summed E-state index contributed by atoms with van der Waals surface area (Å²) in [5.41, 5.74) is 2.40. The summed E-state index contributed by atoms with van der Waals surface area (Å²) in [7, 11) is 0. The standard InChI is InChI=1S/C20H15N3O3/c24-18-9-10-19(25)23(18)14-7-5-13(6-8-14)20(26)22-17-11-12-21-16-4-2-1-3-15(16)17/h1-8,11-12H,9-10H2,(H,21,22,26). The summed E-state index contributed by atoms with van der Waals surface area (Å²) >= 11 is 0. The Morgan fingerprint density at radius 3 is 2.35 bits per heavy atom. The average Bonchev–Trinajstić information content (AvgIpc) is 3.00. The number of imide groups is 1. The number of rotatable bonds is 3. The maximum atomic E-state index is 12.5. The van der Waals surface area contributed by atoms with Crippen molar-refractivity contribution in [3.8, 4) is 0 Å². The minimum Gasteiger partial charge on any atom is -0.321 e. The van der Waals surface area contributed by atoms with E-state index in [4.69, 9.17) is 0 Å². The van der Waals surface area contributed by atoms with E-state index in [0.29, 0.717) is 16.9 Å². The van der Waals surface area contributed by atoms with Crippen LogP contribution in [-0.4, -0.2) is 22.7 Å². The molecule has 0 radical (unpaired) electrons. The molecule has 1 aromatic heterocycles. The molecular formula is C20H15N3O3. The predicted octanol–water partition coefficient (Wildman–Crippen LogP) is 3.14. The van der Waals surface area contributed by atoms with Crippen molar-refractivity contribution in [1.29, 1.82) is 0 Å². The van der Waals surface area contributed by atoms with E-state index in [1.807, 2.05) is 24.3 Å². The van der Waals surface area contributed by atoms with Crippen molar-refractivity contribution in [3.05, 3.63) is 66.4 Å². The van der Waals surface area contributed by atoms with Gasteiger partial charge in [-0.1, -0.05) is 18.2 Å². The van der Waals surface area contributed by atoms with E-state index >= 15 is 0 Å². The first-order valence-electron chi connectivity index (χ1n) is 8.24. The summed E-state index contributed by atoms with van der Waals surface area (Å²) in [5.74, 6) is -0.696. The highest BCUT2D eigenvalue weighted by Crippen LogP contribution is 2.24. The molecule has 0 atom stereocenters. The van der Waals surface area contributed by atoms with Crippen LogP contribution in [0.15, 0.2) is 60.8 Å². The molecule has 3 aromatic rings. The van der Waals surface area contributed by atoms with Gasteiger partial charge in [0.05, 0.1) is 16.9 Å². The number of pyridine rings is 1. The largest absolute Gasteiger partial charge is 0.321 e. The number of nitrogens with zero attached hydrogens (tertiary/aromatic N) is 2. The minimum absolute atomic E-state index is 0.213. The van der Waals surface area contributed by atoms with Gasteiger partial charge in [0.25, 0.3) is 5.91 Å². The molecule has 3 amide bonds. The maximum absolute atomic E-state index is 12.5. The highest BCUT2D eigenvalue weighted by molar-refractivity contribution is 6.20. The Bertz CT molecular complexity index is 1010. The van der Waals surface area contributed by atoms with Gasteiger partial charge in [0.2, 0.25) is 11.8 Å². The molecule has 1 aliphatic rings. The van der Waals surface area contributed by atoms with E-state index < -0.39 is 0 Å². The highest BCUT2D eigenvalue weighted by atomic mass is 16.2. The van der Waals surface area contributed by atoms with Gasteiger partial charge in [-0.15, -0.1) is 0 Å². The fraction of sp³-hybridized carbons (Fsp3) is 0.100. The summed E-state index contributed by atoms with van der Waals surface area (Å²) in [6.07, 6.45) is 2.11. The summed E-state index contributed by atoms with van der Waals surface area (Å²) in [4.78, 5) is 41.6. The molecule has 4 rings (SSSR count). The van der Waals surface area contributed by atoms with Crippen molar-refractivity contribution in [3.63, 3.8) is 0 Å². The zero-order chi connectivity index (χ0) is 18.1. The topological polar surface area (TPSA) is 79.4 Å². The lowest BCUT2D eigenvalue weighted by Crippen LogP contribution is -2.28. The molecule has 2 aromatic carbocycles. The van der Waals surface area contributed by atoms with Gasteiger partial charge >= 0.3 is 0 Å². The third-order valence-electron chi connectivity index (χ3n) is 4.34. The van der Waals surface area contributed by atoms with Crippen LogP contribution in [0.3, 0.4) is 0 Å². The van der Waals surface area contributed by atoms with Crippen LogP contribution in [-0.2, 0) is 9.59 Å². The SMILES string of the molecule is O=C(Nc1ccnc2ccccc12)c1ccc(N2C(=O)CCC2=O)cc1. The Hall–Kier alpha value is -3.54. The molecule has 0 unspecified atom stereocenters. The zero-order valence-corrected chi connectivity index (χ0v) is 13.8. The van der Waals surface area contributed by atoms with Gasteiger partial charge in [-0.05, 0) is 36.4 Å². The lowest BCUT2D eigenvalue weighted by atomic mass is 10.1. The number of carbonyl (C=O) groups excluding carboxylic acids is 3. The first-order chi connectivity index (χ1) is 12.6. The Morgan fingerprint density at radius 2 is 1.62 bits per heavy atom. The lowest BCUT2D eigenvalue weighted by Gasteiger charge is -2.14. The molecule has 128 valence electrons. The second-order valence-corrected chi connectivity index (χ2v) is 6.00. The van der Waals surface area contributed by atoms with Crippen molar-refractivity contribution < 1.29 is 14.4 Å². The second-order valence-electron chi connectivity index (χ2n) is 6.00. The molecule has 0 aliphatic carbocycles. The van der Waals surface area contributed by atoms with Gasteiger partial charge in [-0.25, -0.2) is 0 Å². The van der Waals surface area contributed by atoms with Crippen LogP contribution in [0.4, 0.5) is 11.4 Å². The number of para-hydroxylation sites is 1. The van der Waals surface area contributed by atoms with E-state index in [1.165, 1.54) is 0 Å². The number of fused-ring (bicyclic) bond motifs is 1. The number of amides is 3. The monoisotopic (exact) mass is 345 g/mol.